The van der Waals surface area contributed by atoms with Gasteiger partial charge in [0, 0.05) is 12.6 Å². The Morgan fingerprint density at radius 1 is 1.36 bits per heavy atom. The molecular formula is C10H22N2O2. The zero-order valence-corrected chi connectivity index (χ0v) is 9.59. The number of amides is 2. The topological polar surface area (TPSA) is 50.4 Å². The van der Waals surface area contributed by atoms with Gasteiger partial charge >= 0.3 is 6.03 Å². The van der Waals surface area contributed by atoms with Gasteiger partial charge in [-0.15, -0.1) is 0 Å². The van der Waals surface area contributed by atoms with E-state index in [1.165, 1.54) is 0 Å². The SMILES string of the molecule is CCC(C)NC(=O)NCCOC(C)C. The molecule has 0 radical (unpaired) electrons. The van der Waals surface area contributed by atoms with Crippen molar-refractivity contribution >= 4 is 6.03 Å². The highest BCUT2D eigenvalue weighted by atomic mass is 16.5. The second-order valence-corrected chi connectivity index (χ2v) is 3.63. The van der Waals surface area contributed by atoms with Crippen molar-refractivity contribution in [2.75, 3.05) is 13.2 Å². The average Bonchev–Trinajstić information content (AvgIpc) is 2.12. The second kappa shape index (κ2) is 7.62. The van der Waals surface area contributed by atoms with Gasteiger partial charge in [-0.2, -0.15) is 0 Å². The molecule has 84 valence electrons. The van der Waals surface area contributed by atoms with Crippen LogP contribution in [0.25, 0.3) is 0 Å². The lowest BCUT2D eigenvalue weighted by molar-refractivity contribution is 0.0817. The fourth-order valence-electron chi connectivity index (χ4n) is 0.836. The molecule has 0 heterocycles. The Hall–Kier alpha value is -0.770. The summed E-state index contributed by atoms with van der Waals surface area (Å²) in [4.78, 5) is 11.2. The molecule has 2 amide bonds. The van der Waals surface area contributed by atoms with E-state index in [0.717, 1.165) is 6.42 Å². The van der Waals surface area contributed by atoms with Crippen LogP contribution in [0.1, 0.15) is 34.1 Å². The molecule has 0 aliphatic rings. The van der Waals surface area contributed by atoms with Gasteiger partial charge in [0.05, 0.1) is 12.7 Å². The van der Waals surface area contributed by atoms with Gasteiger partial charge in [-0.05, 0) is 27.2 Å². The minimum absolute atomic E-state index is 0.119. The van der Waals surface area contributed by atoms with Gasteiger partial charge in [-0.1, -0.05) is 6.92 Å². The molecular weight excluding hydrogens is 180 g/mol. The lowest BCUT2D eigenvalue weighted by atomic mass is 10.3. The number of nitrogens with one attached hydrogen (secondary N) is 2. The highest BCUT2D eigenvalue weighted by Crippen LogP contribution is 1.87. The standard InChI is InChI=1S/C10H22N2O2/c1-5-9(4)12-10(13)11-6-7-14-8(2)3/h8-9H,5-7H2,1-4H3,(H2,11,12,13). The minimum atomic E-state index is -0.119. The fourth-order valence-corrected chi connectivity index (χ4v) is 0.836. The van der Waals surface area contributed by atoms with Crippen molar-refractivity contribution in [2.45, 2.75) is 46.3 Å². The van der Waals surface area contributed by atoms with E-state index in [2.05, 4.69) is 10.6 Å². The van der Waals surface area contributed by atoms with Gasteiger partial charge in [0.15, 0.2) is 0 Å². The summed E-state index contributed by atoms with van der Waals surface area (Å²) < 4.78 is 5.28. The average molecular weight is 202 g/mol. The Balaban J connectivity index is 3.36. The first-order valence-electron chi connectivity index (χ1n) is 5.22. The molecule has 0 spiro atoms. The van der Waals surface area contributed by atoms with Crippen molar-refractivity contribution in [1.29, 1.82) is 0 Å². The summed E-state index contributed by atoms with van der Waals surface area (Å²) >= 11 is 0. The Morgan fingerprint density at radius 3 is 2.50 bits per heavy atom. The first kappa shape index (κ1) is 13.2. The molecule has 0 aromatic carbocycles. The van der Waals surface area contributed by atoms with Crippen molar-refractivity contribution in [3.63, 3.8) is 0 Å². The van der Waals surface area contributed by atoms with Gasteiger partial charge in [0.1, 0.15) is 0 Å². The molecule has 0 aliphatic carbocycles. The van der Waals surface area contributed by atoms with E-state index in [4.69, 9.17) is 4.74 Å². The van der Waals surface area contributed by atoms with Gasteiger partial charge in [0.2, 0.25) is 0 Å². The van der Waals surface area contributed by atoms with Crippen LogP contribution >= 0.6 is 0 Å². The Labute approximate surface area is 86.4 Å². The van der Waals surface area contributed by atoms with E-state index >= 15 is 0 Å². The number of hydrogen-bond acceptors (Lipinski definition) is 2. The van der Waals surface area contributed by atoms with Crippen LogP contribution < -0.4 is 10.6 Å². The third kappa shape index (κ3) is 7.86. The van der Waals surface area contributed by atoms with Crippen LogP contribution in [0.2, 0.25) is 0 Å². The van der Waals surface area contributed by atoms with Crippen LogP contribution in [-0.2, 0) is 4.74 Å². The van der Waals surface area contributed by atoms with Crippen LogP contribution in [0.5, 0.6) is 0 Å². The van der Waals surface area contributed by atoms with Crippen molar-refractivity contribution in [2.24, 2.45) is 0 Å². The first-order chi connectivity index (χ1) is 6.56. The zero-order chi connectivity index (χ0) is 11.0. The second-order valence-electron chi connectivity index (χ2n) is 3.63. The molecule has 0 saturated heterocycles. The smallest absolute Gasteiger partial charge is 0.315 e. The number of rotatable bonds is 6. The number of carbonyl (C=O) groups excluding carboxylic acids is 1. The molecule has 4 nitrogen and oxygen atoms in total. The lowest BCUT2D eigenvalue weighted by Crippen LogP contribution is -2.41. The molecule has 0 fully saturated rings. The predicted octanol–water partition coefficient (Wildman–Crippen LogP) is 1.51. The van der Waals surface area contributed by atoms with Gasteiger partial charge < -0.3 is 15.4 Å². The quantitative estimate of drug-likeness (QED) is 0.641. The summed E-state index contributed by atoms with van der Waals surface area (Å²) in [5, 5.41) is 5.54. The number of carbonyl (C=O) groups is 1. The summed E-state index contributed by atoms with van der Waals surface area (Å²) in [6, 6.07) is 0.104. The molecule has 14 heavy (non-hydrogen) atoms. The molecule has 0 aromatic rings. The third-order valence-electron chi connectivity index (χ3n) is 1.83. The van der Waals surface area contributed by atoms with E-state index in [1.54, 1.807) is 0 Å². The van der Waals surface area contributed by atoms with Gasteiger partial charge in [0.25, 0.3) is 0 Å². The highest BCUT2D eigenvalue weighted by molar-refractivity contribution is 5.74. The number of hydrogen-bond donors (Lipinski definition) is 2. The molecule has 0 saturated carbocycles. The largest absolute Gasteiger partial charge is 0.377 e. The van der Waals surface area contributed by atoms with E-state index in [1.807, 2.05) is 27.7 Å². The van der Waals surface area contributed by atoms with Crippen molar-refractivity contribution in [1.82, 2.24) is 10.6 Å². The summed E-state index contributed by atoms with van der Waals surface area (Å²) in [6.45, 7) is 9.07. The molecule has 0 rings (SSSR count). The Morgan fingerprint density at radius 2 is 2.00 bits per heavy atom. The summed E-state index contributed by atoms with van der Waals surface area (Å²) in [6.07, 6.45) is 1.16. The summed E-state index contributed by atoms with van der Waals surface area (Å²) in [7, 11) is 0. The molecule has 0 bridgehead atoms. The maximum Gasteiger partial charge on any atom is 0.315 e. The van der Waals surface area contributed by atoms with E-state index in [0.29, 0.717) is 13.2 Å². The lowest BCUT2D eigenvalue weighted by Gasteiger charge is -2.13. The molecule has 1 atom stereocenters. The maximum absolute atomic E-state index is 11.2. The highest BCUT2D eigenvalue weighted by Gasteiger charge is 2.03. The summed E-state index contributed by atoms with van der Waals surface area (Å²) in [5.41, 5.74) is 0. The first-order valence-corrected chi connectivity index (χ1v) is 5.22. The van der Waals surface area contributed by atoms with Crippen LogP contribution in [-0.4, -0.2) is 31.3 Å². The molecule has 4 heteroatoms. The maximum atomic E-state index is 11.2. The molecule has 0 aliphatic heterocycles. The molecule has 0 aromatic heterocycles. The van der Waals surface area contributed by atoms with Crippen molar-refractivity contribution in [3.8, 4) is 0 Å². The number of ether oxygens (including phenoxy) is 1. The predicted molar refractivity (Wildman–Crippen MR) is 57.4 cm³/mol. The Kier molecular flexibility index (Phi) is 7.20. The Bertz CT molecular complexity index is 160. The zero-order valence-electron chi connectivity index (χ0n) is 9.59. The monoisotopic (exact) mass is 202 g/mol. The van der Waals surface area contributed by atoms with E-state index < -0.39 is 0 Å². The third-order valence-corrected chi connectivity index (χ3v) is 1.83. The minimum Gasteiger partial charge on any atom is -0.377 e. The van der Waals surface area contributed by atoms with E-state index in [9.17, 15) is 4.79 Å². The van der Waals surface area contributed by atoms with Crippen molar-refractivity contribution in [3.05, 3.63) is 0 Å². The molecule has 1 unspecified atom stereocenters. The van der Waals surface area contributed by atoms with Crippen LogP contribution in [0.15, 0.2) is 0 Å². The van der Waals surface area contributed by atoms with Crippen LogP contribution in [0.4, 0.5) is 4.79 Å². The normalized spacial score (nSPS) is 12.6. The van der Waals surface area contributed by atoms with Gasteiger partial charge in [-0.25, -0.2) is 4.79 Å². The van der Waals surface area contributed by atoms with Crippen molar-refractivity contribution < 1.29 is 9.53 Å². The number of urea groups is 1. The van der Waals surface area contributed by atoms with Crippen LogP contribution in [0.3, 0.4) is 0 Å². The van der Waals surface area contributed by atoms with Gasteiger partial charge in [-0.3, -0.25) is 0 Å². The van der Waals surface area contributed by atoms with E-state index in [-0.39, 0.29) is 18.2 Å². The van der Waals surface area contributed by atoms with Crippen LogP contribution in [0, 0.1) is 0 Å². The summed E-state index contributed by atoms with van der Waals surface area (Å²) in [5.74, 6) is 0. The fraction of sp³-hybridized carbons (Fsp3) is 0.900. The molecule has 2 N–H and O–H groups in total.